The number of methoxy groups -OCH3 is 1. The third kappa shape index (κ3) is 2.48. The number of carbonyl (C=O) groups is 2. The second-order valence-corrected chi connectivity index (χ2v) is 5.94. The van der Waals surface area contributed by atoms with Gasteiger partial charge in [0.1, 0.15) is 5.75 Å². The SMILES string of the molecule is COc1ccc(NC(=O)[C@@H]2[C@@H]3CC[C@@H](C3)[C@@H]2C(=O)O)cc1. The molecular weight excluding hydrogens is 270 g/mol. The van der Waals surface area contributed by atoms with Gasteiger partial charge in [0.25, 0.3) is 0 Å². The largest absolute Gasteiger partial charge is 0.497 e. The Balaban J connectivity index is 1.73. The maximum atomic E-state index is 12.5. The zero-order valence-corrected chi connectivity index (χ0v) is 11.9. The lowest BCUT2D eigenvalue weighted by molar-refractivity contribution is -0.148. The Labute approximate surface area is 123 Å². The van der Waals surface area contributed by atoms with E-state index in [-0.39, 0.29) is 17.7 Å². The molecule has 0 aromatic heterocycles. The normalized spacial score (nSPS) is 30.1. The summed E-state index contributed by atoms with van der Waals surface area (Å²) in [5.41, 5.74) is 0.674. The van der Waals surface area contributed by atoms with Gasteiger partial charge in [0.05, 0.1) is 18.9 Å². The number of carboxylic acids is 1. The molecule has 2 fully saturated rings. The number of ether oxygens (including phenoxy) is 1. The Kier molecular flexibility index (Phi) is 3.57. The highest BCUT2D eigenvalue weighted by atomic mass is 16.5. The van der Waals surface area contributed by atoms with Crippen LogP contribution in [0.15, 0.2) is 24.3 Å². The molecule has 0 aliphatic heterocycles. The molecule has 1 aromatic carbocycles. The second-order valence-electron chi connectivity index (χ2n) is 5.94. The van der Waals surface area contributed by atoms with Crippen LogP contribution in [0.3, 0.4) is 0 Å². The molecule has 21 heavy (non-hydrogen) atoms. The molecule has 5 heteroatoms. The summed E-state index contributed by atoms with van der Waals surface area (Å²) in [5, 5.41) is 12.2. The fraction of sp³-hybridized carbons (Fsp3) is 0.500. The predicted molar refractivity (Wildman–Crippen MR) is 77.1 cm³/mol. The Bertz CT molecular complexity index is 554. The number of rotatable bonds is 4. The summed E-state index contributed by atoms with van der Waals surface area (Å²) >= 11 is 0. The number of nitrogens with one attached hydrogen (secondary N) is 1. The van der Waals surface area contributed by atoms with Gasteiger partial charge in [-0.2, -0.15) is 0 Å². The van der Waals surface area contributed by atoms with E-state index in [9.17, 15) is 14.7 Å². The molecule has 2 saturated carbocycles. The molecule has 2 aliphatic rings. The first-order chi connectivity index (χ1) is 10.1. The summed E-state index contributed by atoms with van der Waals surface area (Å²) in [5.74, 6) is -0.827. The third-order valence-corrected chi connectivity index (χ3v) is 4.86. The van der Waals surface area contributed by atoms with E-state index in [4.69, 9.17) is 4.74 Å². The van der Waals surface area contributed by atoms with Crippen LogP contribution in [0.2, 0.25) is 0 Å². The summed E-state index contributed by atoms with van der Waals surface area (Å²) in [4.78, 5) is 23.9. The van der Waals surface area contributed by atoms with Crippen molar-refractivity contribution in [2.75, 3.05) is 12.4 Å². The molecule has 4 atom stereocenters. The molecular formula is C16H19NO4. The summed E-state index contributed by atoms with van der Waals surface area (Å²) < 4.78 is 5.07. The van der Waals surface area contributed by atoms with Crippen molar-refractivity contribution in [3.8, 4) is 5.75 Å². The van der Waals surface area contributed by atoms with E-state index >= 15 is 0 Å². The second kappa shape index (κ2) is 5.39. The van der Waals surface area contributed by atoms with Crippen molar-refractivity contribution < 1.29 is 19.4 Å². The number of benzene rings is 1. The molecule has 2 aliphatic carbocycles. The number of fused-ring (bicyclic) bond motifs is 2. The highest BCUT2D eigenvalue weighted by molar-refractivity contribution is 5.96. The molecule has 0 saturated heterocycles. The van der Waals surface area contributed by atoms with Gasteiger partial charge in [-0.3, -0.25) is 9.59 Å². The van der Waals surface area contributed by atoms with Gasteiger partial charge in [-0.05, 0) is 55.4 Å². The number of hydrogen-bond donors (Lipinski definition) is 2. The van der Waals surface area contributed by atoms with Crippen LogP contribution in [-0.2, 0) is 9.59 Å². The van der Waals surface area contributed by atoms with Gasteiger partial charge < -0.3 is 15.2 Å². The van der Waals surface area contributed by atoms with E-state index in [1.54, 1.807) is 31.4 Å². The van der Waals surface area contributed by atoms with Crippen LogP contribution >= 0.6 is 0 Å². The van der Waals surface area contributed by atoms with Crippen LogP contribution in [0.1, 0.15) is 19.3 Å². The fourth-order valence-electron chi connectivity index (χ4n) is 3.92. The Hall–Kier alpha value is -2.04. The monoisotopic (exact) mass is 289 g/mol. The van der Waals surface area contributed by atoms with E-state index in [1.165, 1.54) is 0 Å². The number of carbonyl (C=O) groups excluding carboxylic acids is 1. The van der Waals surface area contributed by atoms with Gasteiger partial charge in [-0.15, -0.1) is 0 Å². The van der Waals surface area contributed by atoms with E-state index in [2.05, 4.69) is 5.32 Å². The first-order valence-corrected chi connectivity index (χ1v) is 7.28. The maximum absolute atomic E-state index is 12.5. The molecule has 0 spiro atoms. The minimum atomic E-state index is -0.836. The van der Waals surface area contributed by atoms with Crippen molar-refractivity contribution in [3.05, 3.63) is 24.3 Å². The van der Waals surface area contributed by atoms with Crippen molar-refractivity contribution in [1.82, 2.24) is 0 Å². The van der Waals surface area contributed by atoms with E-state index in [0.29, 0.717) is 5.69 Å². The molecule has 1 aromatic rings. The summed E-state index contributed by atoms with van der Waals surface area (Å²) in [7, 11) is 1.58. The molecule has 112 valence electrons. The molecule has 1 amide bonds. The van der Waals surface area contributed by atoms with E-state index in [1.807, 2.05) is 0 Å². The number of aliphatic carboxylic acids is 1. The van der Waals surface area contributed by atoms with Crippen LogP contribution in [0.5, 0.6) is 5.75 Å². The molecule has 2 bridgehead atoms. The van der Waals surface area contributed by atoms with Crippen LogP contribution in [0, 0.1) is 23.7 Å². The summed E-state index contributed by atoms with van der Waals surface area (Å²) in [6, 6.07) is 7.07. The first kappa shape index (κ1) is 13.9. The van der Waals surface area contributed by atoms with Crippen LogP contribution < -0.4 is 10.1 Å². The zero-order valence-electron chi connectivity index (χ0n) is 11.9. The number of carboxylic acid groups (broad SMARTS) is 1. The van der Waals surface area contributed by atoms with Crippen molar-refractivity contribution >= 4 is 17.6 Å². The van der Waals surface area contributed by atoms with Gasteiger partial charge in [-0.1, -0.05) is 0 Å². The number of amides is 1. The molecule has 0 unspecified atom stereocenters. The quantitative estimate of drug-likeness (QED) is 0.892. The minimum absolute atomic E-state index is 0.166. The highest BCUT2D eigenvalue weighted by Crippen LogP contribution is 2.52. The maximum Gasteiger partial charge on any atom is 0.307 e. The summed E-state index contributed by atoms with van der Waals surface area (Å²) in [6.07, 6.45) is 2.78. The molecule has 0 radical (unpaired) electrons. The van der Waals surface area contributed by atoms with Gasteiger partial charge in [0, 0.05) is 5.69 Å². The zero-order chi connectivity index (χ0) is 15.0. The molecule has 0 heterocycles. The van der Waals surface area contributed by atoms with Crippen molar-refractivity contribution in [2.45, 2.75) is 19.3 Å². The van der Waals surface area contributed by atoms with E-state index < -0.39 is 17.8 Å². The van der Waals surface area contributed by atoms with Crippen LogP contribution in [0.25, 0.3) is 0 Å². The lowest BCUT2D eigenvalue weighted by Crippen LogP contribution is -2.37. The van der Waals surface area contributed by atoms with Crippen LogP contribution in [0.4, 0.5) is 5.69 Å². The summed E-state index contributed by atoms with van der Waals surface area (Å²) in [6.45, 7) is 0. The average Bonchev–Trinajstić information content (AvgIpc) is 3.08. The van der Waals surface area contributed by atoms with Crippen molar-refractivity contribution in [2.24, 2.45) is 23.7 Å². The number of anilines is 1. The molecule has 3 rings (SSSR count). The molecule has 2 N–H and O–H groups in total. The van der Waals surface area contributed by atoms with Gasteiger partial charge in [0.15, 0.2) is 0 Å². The Morgan fingerprint density at radius 2 is 1.76 bits per heavy atom. The average molecular weight is 289 g/mol. The van der Waals surface area contributed by atoms with E-state index in [0.717, 1.165) is 25.0 Å². The first-order valence-electron chi connectivity index (χ1n) is 7.28. The topological polar surface area (TPSA) is 75.6 Å². The van der Waals surface area contributed by atoms with Crippen molar-refractivity contribution in [3.63, 3.8) is 0 Å². The van der Waals surface area contributed by atoms with Gasteiger partial charge >= 0.3 is 5.97 Å². The predicted octanol–water partition coefficient (Wildman–Crippen LogP) is 2.38. The van der Waals surface area contributed by atoms with Crippen LogP contribution in [-0.4, -0.2) is 24.1 Å². The fourth-order valence-corrected chi connectivity index (χ4v) is 3.92. The lowest BCUT2D eigenvalue weighted by Gasteiger charge is -2.27. The third-order valence-electron chi connectivity index (χ3n) is 4.86. The smallest absolute Gasteiger partial charge is 0.307 e. The Morgan fingerprint density at radius 3 is 2.33 bits per heavy atom. The van der Waals surface area contributed by atoms with Gasteiger partial charge in [-0.25, -0.2) is 0 Å². The minimum Gasteiger partial charge on any atom is -0.497 e. The standard InChI is InChI=1S/C16H19NO4/c1-21-12-6-4-11(5-7-12)17-15(18)13-9-2-3-10(8-9)14(13)16(19)20/h4-7,9-10,13-14H,2-3,8H2,1H3,(H,17,18)(H,19,20)/t9-,10+,13-,14+/m1/s1. The molecule has 5 nitrogen and oxygen atoms in total. The van der Waals surface area contributed by atoms with Gasteiger partial charge in [0.2, 0.25) is 5.91 Å². The van der Waals surface area contributed by atoms with Crippen molar-refractivity contribution in [1.29, 1.82) is 0 Å². The lowest BCUT2D eigenvalue weighted by atomic mass is 9.78. The number of hydrogen-bond acceptors (Lipinski definition) is 3. The Morgan fingerprint density at radius 1 is 1.14 bits per heavy atom. The highest BCUT2D eigenvalue weighted by Gasteiger charge is 2.53.